The van der Waals surface area contributed by atoms with Crippen molar-refractivity contribution in [3.63, 3.8) is 0 Å². The summed E-state index contributed by atoms with van der Waals surface area (Å²) in [4.78, 5) is 13.7. The van der Waals surface area contributed by atoms with E-state index in [2.05, 4.69) is 46.1 Å². The highest BCUT2D eigenvalue weighted by molar-refractivity contribution is 5.54. The van der Waals surface area contributed by atoms with Crippen molar-refractivity contribution >= 4 is 11.6 Å². The molecule has 1 fully saturated rings. The normalized spacial score (nSPS) is 20.7. The highest BCUT2D eigenvalue weighted by Crippen LogP contribution is 2.18. The van der Waals surface area contributed by atoms with Crippen molar-refractivity contribution in [2.45, 2.75) is 32.7 Å². The molecule has 1 aliphatic rings. The van der Waals surface area contributed by atoms with Crippen LogP contribution in [0.15, 0.2) is 0 Å². The Morgan fingerprint density at radius 2 is 2.05 bits per heavy atom. The Morgan fingerprint density at radius 1 is 1.29 bits per heavy atom. The molecule has 0 amide bonds. The minimum atomic E-state index is 0.494. The van der Waals surface area contributed by atoms with Gasteiger partial charge in [-0.15, -0.1) is 0 Å². The van der Waals surface area contributed by atoms with Gasteiger partial charge in [0.1, 0.15) is 17.5 Å². The van der Waals surface area contributed by atoms with E-state index in [-0.39, 0.29) is 0 Å². The predicted molar refractivity (Wildman–Crippen MR) is 87.6 cm³/mol. The molecule has 0 bridgehead atoms. The van der Waals surface area contributed by atoms with Crippen LogP contribution in [0, 0.1) is 6.92 Å². The lowest BCUT2D eigenvalue weighted by Crippen LogP contribution is -2.52. The maximum absolute atomic E-state index is 6.00. The summed E-state index contributed by atoms with van der Waals surface area (Å²) in [6.45, 7) is 8.29. The lowest BCUT2D eigenvalue weighted by atomic mass is 10.2. The maximum atomic E-state index is 6.00. The average molecular weight is 292 g/mol. The molecule has 0 aliphatic carbocycles. The second kappa shape index (κ2) is 7.04. The quantitative estimate of drug-likeness (QED) is 0.843. The highest BCUT2D eigenvalue weighted by Gasteiger charge is 2.22. The standard InChI is InChI=1S/C15H28N6/c1-5-6-13-18-14(16)11(2)15(19-13)17-9-12-10-20(3)7-8-21(12)4/h12H,5-10H2,1-4H3,(H3,16,17,18,19). The zero-order chi connectivity index (χ0) is 15.4. The number of nitrogen functional groups attached to an aromatic ring is 1. The first-order valence-corrected chi connectivity index (χ1v) is 7.77. The summed E-state index contributed by atoms with van der Waals surface area (Å²) in [5.74, 6) is 2.30. The molecule has 0 radical (unpaired) electrons. The van der Waals surface area contributed by atoms with Gasteiger partial charge in [-0.3, -0.25) is 4.90 Å². The Bertz CT molecular complexity index is 475. The zero-order valence-electron chi connectivity index (χ0n) is 13.7. The fraction of sp³-hybridized carbons (Fsp3) is 0.733. The Morgan fingerprint density at radius 3 is 2.76 bits per heavy atom. The van der Waals surface area contributed by atoms with Crippen molar-refractivity contribution in [3.8, 4) is 0 Å². The zero-order valence-corrected chi connectivity index (χ0v) is 13.7. The molecule has 6 nitrogen and oxygen atoms in total. The number of rotatable bonds is 5. The van der Waals surface area contributed by atoms with E-state index in [0.29, 0.717) is 11.9 Å². The molecule has 2 rings (SSSR count). The Hall–Kier alpha value is -1.40. The SMILES string of the molecule is CCCc1nc(N)c(C)c(NCC2CN(C)CCN2C)n1. The van der Waals surface area contributed by atoms with Crippen molar-refractivity contribution in [2.75, 3.05) is 51.3 Å². The molecule has 1 aliphatic heterocycles. The molecule has 1 aromatic rings. The third-order valence-corrected chi connectivity index (χ3v) is 4.19. The van der Waals surface area contributed by atoms with Crippen molar-refractivity contribution < 1.29 is 0 Å². The second-order valence-electron chi connectivity index (χ2n) is 6.03. The summed E-state index contributed by atoms with van der Waals surface area (Å²) in [7, 11) is 4.36. The molecular formula is C15H28N6. The van der Waals surface area contributed by atoms with E-state index in [1.165, 1.54) is 0 Å². The van der Waals surface area contributed by atoms with Gasteiger partial charge in [-0.05, 0) is 27.4 Å². The van der Waals surface area contributed by atoms with Gasteiger partial charge in [-0.25, -0.2) is 9.97 Å². The molecule has 118 valence electrons. The van der Waals surface area contributed by atoms with E-state index in [1.807, 2.05) is 6.92 Å². The van der Waals surface area contributed by atoms with Crippen LogP contribution < -0.4 is 11.1 Å². The molecule has 0 saturated carbocycles. The summed E-state index contributed by atoms with van der Waals surface area (Å²) in [6.07, 6.45) is 1.89. The van der Waals surface area contributed by atoms with Gasteiger partial charge in [-0.1, -0.05) is 6.92 Å². The number of aromatic nitrogens is 2. The second-order valence-corrected chi connectivity index (χ2v) is 6.03. The van der Waals surface area contributed by atoms with Crippen LogP contribution in [0.25, 0.3) is 0 Å². The van der Waals surface area contributed by atoms with Gasteiger partial charge < -0.3 is 16.0 Å². The molecule has 1 atom stereocenters. The van der Waals surface area contributed by atoms with Gasteiger partial charge in [0.15, 0.2) is 0 Å². The monoisotopic (exact) mass is 292 g/mol. The maximum Gasteiger partial charge on any atom is 0.134 e. The largest absolute Gasteiger partial charge is 0.383 e. The number of piperazine rings is 1. The van der Waals surface area contributed by atoms with Gasteiger partial charge in [0.05, 0.1) is 0 Å². The van der Waals surface area contributed by atoms with Crippen molar-refractivity contribution in [3.05, 3.63) is 11.4 Å². The molecule has 1 saturated heterocycles. The molecule has 1 unspecified atom stereocenters. The van der Waals surface area contributed by atoms with Crippen LogP contribution in [0.3, 0.4) is 0 Å². The number of nitrogens with two attached hydrogens (primary N) is 1. The van der Waals surface area contributed by atoms with Gasteiger partial charge in [0.25, 0.3) is 0 Å². The Kier molecular flexibility index (Phi) is 5.36. The number of hydrogen-bond donors (Lipinski definition) is 2. The average Bonchev–Trinajstić information content (AvgIpc) is 2.44. The van der Waals surface area contributed by atoms with Crippen LogP contribution in [0.2, 0.25) is 0 Å². The lowest BCUT2D eigenvalue weighted by Gasteiger charge is -2.37. The van der Waals surface area contributed by atoms with E-state index >= 15 is 0 Å². The van der Waals surface area contributed by atoms with E-state index < -0.39 is 0 Å². The van der Waals surface area contributed by atoms with Gasteiger partial charge in [0, 0.05) is 44.2 Å². The van der Waals surface area contributed by atoms with Crippen LogP contribution in [0.4, 0.5) is 11.6 Å². The number of anilines is 2. The number of nitrogens with one attached hydrogen (secondary N) is 1. The smallest absolute Gasteiger partial charge is 0.134 e. The lowest BCUT2D eigenvalue weighted by molar-refractivity contribution is 0.122. The molecule has 0 spiro atoms. The molecule has 1 aromatic heterocycles. The first-order valence-electron chi connectivity index (χ1n) is 7.77. The first kappa shape index (κ1) is 16.0. The van der Waals surface area contributed by atoms with Crippen LogP contribution >= 0.6 is 0 Å². The fourth-order valence-electron chi connectivity index (χ4n) is 2.63. The topological polar surface area (TPSA) is 70.3 Å². The van der Waals surface area contributed by atoms with Crippen LogP contribution in [-0.2, 0) is 6.42 Å². The van der Waals surface area contributed by atoms with E-state index in [4.69, 9.17) is 5.73 Å². The molecule has 3 N–H and O–H groups in total. The van der Waals surface area contributed by atoms with E-state index in [0.717, 1.165) is 56.2 Å². The minimum absolute atomic E-state index is 0.494. The summed E-state index contributed by atoms with van der Waals surface area (Å²) < 4.78 is 0. The Balaban J connectivity index is 2.04. The summed E-state index contributed by atoms with van der Waals surface area (Å²) in [5.41, 5.74) is 6.95. The number of nitrogens with zero attached hydrogens (tertiary/aromatic N) is 4. The molecule has 21 heavy (non-hydrogen) atoms. The van der Waals surface area contributed by atoms with E-state index in [9.17, 15) is 0 Å². The van der Waals surface area contributed by atoms with Crippen molar-refractivity contribution in [2.24, 2.45) is 0 Å². The van der Waals surface area contributed by atoms with Crippen molar-refractivity contribution in [1.82, 2.24) is 19.8 Å². The number of likely N-dealkylation sites (N-methyl/N-ethyl adjacent to an activating group) is 2. The van der Waals surface area contributed by atoms with Crippen molar-refractivity contribution in [1.29, 1.82) is 0 Å². The number of hydrogen-bond acceptors (Lipinski definition) is 6. The summed E-state index contributed by atoms with van der Waals surface area (Å²) in [5, 5.41) is 3.47. The highest BCUT2D eigenvalue weighted by atomic mass is 15.3. The minimum Gasteiger partial charge on any atom is -0.383 e. The first-order chi connectivity index (χ1) is 10.0. The number of aryl methyl sites for hydroxylation is 1. The molecular weight excluding hydrogens is 264 g/mol. The van der Waals surface area contributed by atoms with E-state index in [1.54, 1.807) is 0 Å². The molecule has 2 heterocycles. The van der Waals surface area contributed by atoms with Crippen LogP contribution in [0.5, 0.6) is 0 Å². The van der Waals surface area contributed by atoms with Gasteiger partial charge >= 0.3 is 0 Å². The summed E-state index contributed by atoms with van der Waals surface area (Å²) in [6, 6.07) is 0.494. The third-order valence-electron chi connectivity index (χ3n) is 4.19. The summed E-state index contributed by atoms with van der Waals surface area (Å²) >= 11 is 0. The van der Waals surface area contributed by atoms with Crippen LogP contribution in [0.1, 0.15) is 24.7 Å². The Labute approximate surface area is 127 Å². The van der Waals surface area contributed by atoms with Crippen LogP contribution in [-0.4, -0.2) is 66.1 Å². The third kappa shape index (κ3) is 4.04. The fourth-order valence-corrected chi connectivity index (χ4v) is 2.63. The van der Waals surface area contributed by atoms with Gasteiger partial charge in [0.2, 0.25) is 0 Å². The molecule has 0 aromatic carbocycles. The molecule has 6 heteroatoms. The van der Waals surface area contributed by atoms with Gasteiger partial charge in [-0.2, -0.15) is 0 Å². The predicted octanol–water partition coefficient (Wildman–Crippen LogP) is 0.977.